The Morgan fingerprint density at radius 1 is 1.13 bits per heavy atom. The zero-order valence-corrected chi connectivity index (χ0v) is 15.3. The molecular formula is C17H25N4S2+. The summed E-state index contributed by atoms with van der Waals surface area (Å²) in [6, 6.07) is 8.35. The summed E-state index contributed by atoms with van der Waals surface area (Å²) in [4.78, 5) is 1.60. The maximum absolute atomic E-state index is 5.50. The lowest BCUT2D eigenvalue weighted by molar-refractivity contribution is -0.924. The van der Waals surface area contributed by atoms with Gasteiger partial charge in [-0.25, -0.2) is 0 Å². The predicted octanol–water partition coefficient (Wildman–Crippen LogP) is 3.53. The van der Waals surface area contributed by atoms with Crippen molar-refractivity contribution in [1.29, 1.82) is 0 Å². The van der Waals surface area contributed by atoms with Gasteiger partial charge in [-0.15, -0.1) is 5.10 Å². The molecule has 0 aliphatic carbocycles. The molecule has 0 saturated carbocycles. The van der Waals surface area contributed by atoms with Crippen LogP contribution < -0.4 is 10.2 Å². The lowest BCUT2D eigenvalue weighted by Crippen LogP contribution is -3.11. The smallest absolute Gasteiger partial charge is 0.209 e. The fraction of sp³-hybridized carbons (Fsp3) is 0.529. The molecule has 1 fully saturated rings. The van der Waals surface area contributed by atoms with Crippen molar-refractivity contribution >= 4 is 34.4 Å². The van der Waals surface area contributed by atoms with Crippen LogP contribution in [0.25, 0.3) is 0 Å². The van der Waals surface area contributed by atoms with E-state index in [2.05, 4.69) is 41.6 Å². The number of nitrogens with one attached hydrogen (secondary N) is 2. The van der Waals surface area contributed by atoms with Crippen molar-refractivity contribution in [2.75, 3.05) is 18.4 Å². The number of aryl methyl sites for hydroxylation is 1. The first-order chi connectivity index (χ1) is 11.2. The van der Waals surface area contributed by atoms with Gasteiger partial charge >= 0.3 is 0 Å². The molecule has 4 nitrogen and oxygen atoms in total. The van der Waals surface area contributed by atoms with Gasteiger partial charge in [0.05, 0.1) is 13.1 Å². The van der Waals surface area contributed by atoms with E-state index in [0.29, 0.717) is 0 Å². The first-order valence-electron chi connectivity index (χ1n) is 8.46. The number of benzene rings is 1. The van der Waals surface area contributed by atoms with Crippen LogP contribution in [0.1, 0.15) is 37.7 Å². The molecule has 2 aromatic rings. The average Bonchev–Trinajstić information content (AvgIpc) is 2.84. The summed E-state index contributed by atoms with van der Waals surface area (Å²) in [5.74, 6) is 0. The largest absolute Gasteiger partial charge is 0.330 e. The quantitative estimate of drug-likeness (QED) is 0.829. The summed E-state index contributed by atoms with van der Waals surface area (Å²) in [5.41, 5.74) is 2.32. The first-order valence-corrected chi connectivity index (χ1v) is 9.68. The Bertz CT molecular complexity index is 667. The SMILES string of the molecule is Cc1ccc(Nc2nn(C[NH+]3CCCCCCC3)c(=S)s2)cc1. The van der Waals surface area contributed by atoms with Gasteiger partial charge in [0.25, 0.3) is 0 Å². The molecule has 0 radical (unpaired) electrons. The number of hydrogen-bond donors (Lipinski definition) is 2. The van der Waals surface area contributed by atoms with Crippen LogP contribution in [0.3, 0.4) is 0 Å². The van der Waals surface area contributed by atoms with Crippen LogP contribution in [0.2, 0.25) is 0 Å². The van der Waals surface area contributed by atoms with Crippen LogP contribution in [0.15, 0.2) is 24.3 Å². The van der Waals surface area contributed by atoms with E-state index in [-0.39, 0.29) is 0 Å². The molecule has 1 saturated heterocycles. The summed E-state index contributed by atoms with van der Waals surface area (Å²) < 4.78 is 2.85. The number of likely N-dealkylation sites (tertiary alicyclic amines) is 1. The molecule has 0 amide bonds. The third-order valence-corrected chi connectivity index (χ3v) is 5.57. The second kappa shape index (κ2) is 8.04. The number of aromatic nitrogens is 2. The Balaban J connectivity index is 1.65. The third kappa shape index (κ3) is 4.86. The lowest BCUT2D eigenvalue weighted by atomic mass is 10.1. The molecule has 0 unspecified atom stereocenters. The molecule has 1 aromatic carbocycles. The molecule has 0 atom stereocenters. The van der Waals surface area contributed by atoms with E-state index in [1.807, 2.05) is 4.68 Å². The van der Waals surface area contributed by atoms with Crippen LogP contribution in [0.4, 0.5) is 10.8 Å². The van der Waals surface area contributed by atoms with Gasteiger partial charge < -0.3 is 10.2 Å². The highest BCUT2D eigenvalue weighted by molar-refractivity contribution is 7.73. The molecule has 0 spiro atoms. The van der Waals surface area contributed by atoms with Gasteiger partial charge in [-0.3, -0.25) is 0 Å². The van der Waals surface area contributed by atoms with E-state index >= 15 is 0 Å². The highest BCUT2D eigenvalue weighted by atomic mass is 32.1. The minimum atomic E-state index is 0.856. The van der Waals surface area contributed by atoms with E-state index in [4.69, 9.17) is 12.2 Å². The maximum Gasteiger partial charge on any atom is 0.209 e. The van der Waals surface area contributed by atoms with E-state index in [9.17, 15) is 0 Å². The zero-order valence-electron chi connectivity index (χ0n) is 13.7. The number of hydrogen-bond acceptors (Lipinski definition) is 4. The first kappa shape index (κ1) is 16.6. The predicted molar refractivity (Wildman–Crippen MR) is 99.2 cm³/mol. The highest BCUT2D eigenvalue weighted by Crippen LogP contribution is 2.20. The van der Waals surface area contributed by atoms with Gasteiger partial charge in [0.2, 0.25) is 5.13 Å². The monoisotopic (exact) mass is 349 g/mol. The van der Waals surface area contributed by atoms with Crippen LogP contribution in [0, 0.1) is 10.9 Å². The van der Waals surface area contributed by atoms with Crippen molar-refractivity contribution in [2.45, 2.75) is 45.7 Å². The molecule has 3 rings (SSSR count). The topological polar surface area (TPSA) is 34.3 Å². The molecule has 23 heavy (non-hydrogen) atoms. The molecule has 1 aromatic heterocycles. The molecule has 0 bridgehead atoms. The standard InChI is InChI=1S/C17H24N4S2/c1-14-7-9-15(10-8-14)18-16-19-21(17(22)23-16)13-20-11-5-3-2-4-6-12-20/h7-10H,2-6,11-13H2,1H3,(H,18,19)/p+1. The molecular weight excluding hydrogens is 324 g/mol. The van der Waals surface area contributed by atoms with Gasteiger partial charge in [-0.2, -0.15) is 4.68 Å². The Kier molecular flexibility index (Phi) is 5.80. The molecule has 2 heterocycles. The number of rotatable bonds is 4. The van der Waals surface area contributed by atoms with Crippen molar-refractivity contribution in [3.05, 3.63) is 33.8 Å². The average molecular weight is 350 g/mol. The highest BCUT2D eigenvalue weighted by Gasteiger charge is 2.14. The molecule has 124 valence electrons. The molecule has 2 N–H and O–H groups in total. The van der Waals surface area contributed by atoms with Crippen molar-refractivity contribution in [3.8, 4) is 0 Å². The van der Waals surface area contributed by atoms with Crippen LogP contribution in [0.5, 0.6) is 0 Å². The minimum Gasteiger partial charge on any atom is -0.330 e. The third-order valence-electron chi connectivity index (χ3n) is 4.34. The van der Waals surface area contributed by atoms with E-state index in [1.165, 1.54) is 50.8 Å². The van der Waals surface area contributed by atoms with Gasteiger partial charge in [0, 0.05) is 5.69 Å². The Morgan fingerprint density at radius 2 is 1.78 bits per heavy atom. The van der Waals surface area contributed by atoms with Crippen molar-refractivity contribution in [2.24, 2.45) is 0 Å². The van der Waals surface area contributed by atoms with E-state index in [1.54, 1.807) is 16.2 Å². The van der Waals surface area contributed by atoms with Crippen LogP contribution >= 0.6 is 23.6 Å². The summed E-state index contributed by atoms with van der Waals surface area (Å²) >= 11 is 7.06. The maximum atomic E-state index is 5.50. The lowest BCUT2D eigenvalue weighted by Gasteiger charge is -2.21. The minimum absolute atomic E-state index is 0.856. The van der Waals surface area contributed by atoms with Crippen LogP contribution in [-0.4, -0.2) is 22.9 Å². The van der Waals surface area contributed by atoms with Crippen molar-refractivity contribution < 1.29 is 4.90 Å². The second-order valence-electron chi connectivity index (χ2n) is 6.34. The second-order valence-corrected chi connectivity index (χ2v) is 7.96. The van der Waals surface area contributed by atoms with E-state index in [0.717, 1.165) is 21.4 Å². The normalized spacial score (nSPS) is 16.7. The molecule has 1 aliphatic rings. The summed E-state index contributed by atoms with van der Waals surface area (Å²) in [5, 5.41) is 8.92. The Labute approximate surface area is 147 Å². The fourth-order valence-electron chi connectivity index (χ4n) is 2.99. The van der Waals surface area contributed by atoms with Crippen molar-refractivity contribution in [1.82, 2.24) is 9.78 Å². The number of quaternary nitrogens is 1. The van der Waals surface area contributed by atoms with Crippen LogP contribution in [-0.2, 0) is 6.67 Å². The van der Waals surface area contributed by atoms with Gasteiger partial charge in [0.1, 0.15) is 0 Å². The summed E-state index contributed by atoms with van der Waals surface area (Å²) in [6.45, 7) is 5.46. The van der Waals surface area contributed by atoms with Gasteiger partial charge in [-0.05, 0) is 57.0 Å². The Hall–Kier alpha value is -1.24. The van der Waals surface area contributed by atoms with Gasteiger partial charge in [-0.1, -0.05) is 35.5 Å². The number of nitrogens with zero attached hydrogens (tertiary/aromatic N) is 2. The summed E-state index contributed by atoms with van der Waals surface area (Å²) in [6.07, 6.45) is 6.77. The van der Waals surface area contributed by atoms with E-state index < -0.39 is 0 Å². The zero-order chi connectivity index (χ0) is 16.1. The fourth-order valence-corrected chi connectivity index (χ4v) is 4.02. The number of anilines is 2. The summed E-state index contributed by atoms with van der Waals surface area (Å²) in [7, 11) is 0. The van der Waals surface area contributed by atoms with Crippen molar-refractivity contribution in [3.63, 3.8) is 0 Å². The van der Waals surface area contributed by atoms with Gasteiger partial charge in [0.15, 0.2) is 10.6 Å². The molecule has 1 aliphatic heterocycles. The Morgan fingerprint density at radius 3 is 2.48 bits per heavy atom. The molecule has 6 heteroatoms.